The fraction of sp³-hybridized carbons (Fsp3) is 0.217. The molecule has 0 saturated carbocycles. The molecule has 0 fully saturated rings. The maximum atomic E-state index is 12.9. The Bertz CT molecular complexity index is 1420. The van der Waals surface area contributed by atoms with Crippen molar-refractivity contribution in [3.8, 4) is 17.1 Å². The standard InChI is InChI=1S/C23H17Br2N3O4S/c24-16-9-13(10-17(25)20(16)32-11-12-5-7-14(8-6-12)28(30)31)21-26-22(29)19-15-3-1-2-4-18(15)33-23(19)27-21/h5-10H,1-4,11H2,(H,26,27,29). The highest BCUT2D eigenvalue weighted by Gasteiger charge is 2.21. The van der Waals surface area contributed by atoms with Crippen molar-refractivity contribution >= 4 is 59.1 Å². The van der Waals surface area contributed by atoms with E-state index in [1.165, 1.54) is 22.6 Å². The topological polar surface area (TPSA) is 98.1 Å². The molecule has 168 valence electrons. The average molecular weight is 591 g/mol. The number of H-pyrrole nitrogens is 1. The average Bonchev–Trinajstić information content (AvgIpc) is 3.17. The number of ether oxygens (including phenoxy) is 1. The van der Waals surface area contributed by atoms with Crippen LogP contribution in [0, 0.1) is 10.1 Å². The molecule has 0 saturated heterocycles. The molecular formula is C23H17Br2N3O4S. The molecule has 2 aromatic heterocycles. The summed E-state index contributed by atoms with van der Waals surface area (Å²) in [5.41, 5.74) is 2.66. The molecule has 0 bridgehead atoms. The summed E-state index contributed by atoms with van der Waals surface area (Å²) in [6.07, 6.45) is 4.23. The van der Waals surface area contributed by atoms with Gasteiger partial charge in [0.2, 0.25) is 0 Å². The molecule has 2 heterocycles. The molecule has 0 unspecified atom stereocenters. The highest BCUT2D eigenvalue weighted by atomic mass is 79.9. The third kappa shape index (κ3) is 4.34. The van der Waals surface area contributed by atoms with Crippen LogP contribution in [-0.4, -0.2) is 14.9 Å². The summed E-state index contributed by atoms with van der Waals surface area (Å²) in [5, 5.41) is 11.5. The Kier molecular flexibility index (Phi) is 6.07. The van der Waals surface area contributed by atoms with Crippen LogP contribution in [0.3, 0.4) is 0 Å². The Morgan fingerprint density at radius 1 is 1.12 bits per heavy atom. The van der Waals surface area contributed by atoms with Gasteiger partial charge in [0.25, 0.3) is 11.2 Å². The van der Waals surface area contributed by atoms with Crippen molar-refractivity contribution in [1.82, 2.24) is 9.97 Å². The van der Waals surface area contributed by atoms with Gasteiger partial charge in [-0.25, -0.2) is 4.98 Å². The van der Waals surface area contributed by atoms with E-state index in [-0.39, 0.29) is 17.9 Å². The zero-order chi connectivity index (χ0) is 23.1. The number of thiophene rings is 1. The van der Waals surface area contributed by atoms with E-state index in [1.807, 2.05) is 12.1 Å². The van der Waals surface area contributed by atoms with Gasteiger partial charge in [-0.15, -0.1) is 11.3 Å². The third-order valence-electron chi connectivity index (χ3n) is 5.63. The lowest BCUT2D eigenvalue weighted by atomic mass is 9.97. The van der Waals surface area contributed by atoms with E-state index < -0.39 is 4.92 Å². The number of halogens is 2. The van der Waals surface area contributed by atoms with Gasteiger partial charge in [0, 0.05) is 22.6 Å². The number of aromatic amines is 1. The van der Waals surface area contributed by atoms with Crippen LogP contribution >= 0.6 is 43.2 Å². The lowest BCUT2D eigenvalue weighted by Gasteiger charge is -2.12. The molecule has 33 heavy (non-hydrogen) atoms. The molecule has 0 radical (unpaired) electrons. The summed E-state index contributed by atoms with van der Waals surface area (Å²) >= 11 is 8.73. The molecule has 10 heteroatoms. The first-order valence-corrected chi connectivity index (χ1v) is 12.7. The number of nitrogens with zero attached hydrogens (tertiary/aromatic N) is 2. The van der Waals surface area contributed by atoms with E-state index in [2.05, 4.69) is 36.8 Å². The number of benzene rings is 2. The first-order chi connectivity index (χ1) is 15.9. The second-order valence-corrected chi connectivity index (χ2v) is 10.6. The lowest BCUT2D eigenvalue weighted by molar-refractivity contribution is -0.384. The minimum atomic E-state index is -0.433. The zero-order valence-electron chi connectivity index (χ0n) is 17.2. The van der Waals surface area contributed by atoms with E-state index in [0.29, 0.717) is 20.5 Å². The molecule has 0 amide bonds. The number of non-ortho nitro benzene ring substituents is 1. The highest BCUT2D eigenvalue weighted by molar-refractivity contribution is 9.11. The number of nitro benzene ring substituents is 1. The quantitative estimate of drug-likeness (QED) is 0.210. The first kappa shape index (κ1) is 22.2. The molecule has 4 aromatic rings. The maximum Gasteiger partial charge on any atom is 0.269 e. The number of aryl methyl sites for hydroxylation is 2. The second-order valence-electron chi connectivity index (χ2n) is 7.79. The summed E-state index contributed by atoms with van der Waals surface area (Å²) in [4.78, 5) is 33.0. The first-order valence-electron chi connectivity index (χ1n) is 10.3. The number of nitrogens with one attached hydrogen (secondary N) is 1. The Labute approximate surface area is 209 Å². The van der Waals surface area contributed by atoms with Crippen LogP contribution in [0.4, 0.5) is 5.69 Å². The molecule has 0 aliphatic heterocycles. The summed E-state index contributed by atoms with van der Waals surface area (Å²) in [7, 11) is 0. The molecule has 7 nitrogen and oxygen atoms in total. The van der Waals surface area contributed by atoms with Crippen LogP contribution in [0.1, 0.15) is 28.8 Å². The van der Waals surface area contributed by atoms with E-state index in [1.54, 1.807) is 23.5 Å². The monoisotopic (exact) mass is 589 g/mol. The van der Waals surface area contributed by atoms with Gasteiger partial charge in [-0.1, -0.05) is 0 Å². The minimum Gasteiger partial charge on any atom is -0.487 e. The van der Waals surface area contributed by atoms with Gasteiger partial charge in [-0.3, -0.25) is 14.9 Å². The lowest BCUT2D eigenvalue weighted by Crippen LogP contribution is -2.11. The number of nitro groups is 1. The number of hydrogen-bond donors (Lipinski definition) is 1. The third-order valence-corrected chi connectivity index (χ3v) is 7.99. The van der Waals surface area contributed by atoms with Crippen molar-refractivity contribution < 1.29 is 9.66 Å². The van der Waals surface area contributed by atoms with Crippen molar-refractivity contribution in [1.29, 1.82) is 0 Å². The zero-order valence-corrected chi connectivity index (χ0v) is 21.2. The fourth-order valence-corrected chi connectivity index (χ4v) is 6.68. The van der Waals surface area contributed by atoms with Crippen LogP contribution in [0.25, 0.3) is 21.6 Å². The van der Waals surface area contributed by atoms with Gasteiger partial charge in [0.05, 0.1) is 19.3 Å². The van der Waals surface area contributed by atoms with E-state index >= 15 is 0 Å². The molecular weight excluding hydrogens is 574 g/mol. The van der Waals surface area contributed by atoms with Crippen molar-refractivity contribution in [2.45, 2.75) is 32.3 Å². The van der Waals surface area contributed by atoms with Crippen molar-refractivity contribution in [3.05, 3.63) is 81.8 Å². The Morgan fingerprint density at radius 2 is 1.82 bits per heavy atom. The summed E-state index contributed by atoms with van der Waals surface area (Å²) in [6, 6.07) is 9.94. The van der Waals surface area contributed by atoms with E-state index in [9.17, 15) is 14.9 Å². The predicted molar refractivity (Wildman–Crippen MR) is 135 cm³/mol. The van der Waals surface area contributed by atoms with Crippen molar-refractivity contribution in [2.75, 3.05) is 0 Å². The van der Waals surface area contributed by atoms with Gasteiger partial charge < -0.3 is 9.72 Å². The van der Waals surface area contributed by atoms with E-state index in [4.69, 9.17) is 9.72 Å². The van der Waals surface area contributed by atoms with Crippen molar-refractivity contribution in [3.63, 3.8) is 0 Å². The van der Waals surface area contributed by atoms with Crippen LogP contribution in [0.2, 0.25) is 0 Å². The second kappa shape index (κ2) is 9.00. The SMILES string of the molecule is O=c1[nH]c(-c2cc(Br)c(OCc3ccc([N+](=O)[O-])cc3)c(Br)c2)nc2sc3c(c12)CCCC3. The van der Waals surface area contributed by atoms with Gasteiger partial charge in [-0.05, 0) is 92.9 Å². The van der Waals surface area contributed by atoms with Crippen LogP contribution in [0.5, 0.6) is 5.75 Å². The summed E-state index contributed by atoms with van der Waals surface area (Å²) in [6.45, 7) is 0.246. The number of aromatic nitrogens is 2. The molecule has 1 N–H and O–H groups in total. The number of fused-ring (bicyclic) bond motifs is 3. The Morgan fingerprint density at radius 3 is 2.52 bits per heavy atom. The Hall–Kier alpha value is -2.56. The number of rotatable bonds is 5. The highest BCUT2D eigenvalue weighted by Crippen LogP contribution is 2.39. The largest absolute Gasteiger partial charge is 0.487 e. The maximum absolute atomic E-state index is 12.9. The fourth-order valence-electron chi connectivity index (χ4n) is 4.00. The number of hydrogen-bond acceptors (Lipinski definition) is 6. The summed E-state index contributed by atoms with van der Waals surface area (Å²) in [5.74, 6) is 1.10. The van der Waals surface area contributed by atoms with Gasteiger partial charge in [0.1, 0.15) is 23.0 Å². The Balaban J connectivity index is 1.43. The van der Waals surface area contributed by atoms with E-state index in [0.717, 1.165) is 47.0 Å². The van der Waals surface area contributed by atoms with Crippen LogP contribution in [0.15, 0.2) is 50.1 Å². The van der Waals surface area contributed by atoms with Crippen LogP contribution in [-0.2, 0) is 19.4 Å². The molecule has 5 rings (SSSR count). The smallest absolute Gasteiger partial charge is 0.269 e. The normalized spacial score (nSPS) is 13.2. The molecule has 1 aliphatic rings. The predicted octanol–water partition coefficient (Wildman–Crippen LogP) is 6.54. The van der Waals surface area contributed by atoms with Crippen molar-refractivity contribution in [2.24, 2.45) is 0 Å². The van der Waals surface area contributed by atoms with Gasteiger partial charge in [0.15, 0.2) is 0 Å². The molecule has 0 spiro atoms. The summed E-state index contributed by atoms with van der Waals surface area (Å²) < 4.78 is 7.33. The molecule has 1 aliphatic carbocycles. The molecule has 2 aromatic carbocycles. The minimum absolute atomic E-state index is 0.0375. The van der Waals surface area contributed by atoms with Gasteiger partial charge >= 0.3 is 0 Å². The van der Waals surface area contributed by atoms with Crippen LogP contribution < -0.4 is 10.3 Å². The molecule has 0 atom stereocenters. The van der Waals surface area contributed by atoms with Gasteiger partial charge in [-0.2, -0.15) is 0 Å².